The molecule has 1 N–H and O–H groups in total. The smallest absolute Gasteiger partial charge is 0.111 e. The van der Waals surface area contributed by atoms with Gasteiger partial charge in [-0.25, -0.2) is 0 Å². The van der Waals surface area contributed by atoms with Crippen LogP contribution in [0.15, 0.2) is 54.6 Å². The Balaban J connectivity index is 1.85. The number of para-hydroxylation sites is 2. The lowest BCUT2D eigenvalue weighted by atomic mass is 10.2. The molecule has 0 saturated heterocycles. The van der Waals surface area contributed by atoms with Gasteiger partial charge in [0, 0.05) is 29.6 Å². The number of aromatic nitrogens is 1. The summed E-state index contributed by atoms with van der Waals surface area (Å²) in [6.45, 7) is 0.812. The van der Waals surface area contributed by atoms with E-state index in [-0.39, 0.29) is 0 Å². The highest BCUT2D eigenvalue weighted by molar-refractivity contribution is 5.86. The van der Waals surface area contributed by atoms with E-state index in [9.17, 15) is 0 Å². The molecule has 0 bridgehead atoms. The van der Waals surface area contributed by atoms with Crippen molar-refractivity contribution in [2.75, 3.05) is 11.4 Å². The van der Waals surface area contributed by atoms with Crippen LogP contribution in [0.3, 0.4) is 0 Å². The molecule has 0 amide bonds. The normalized spacial score (nSPS) is 14.1. The number of nitrogens with one attached hydrogen (secondary N) is 1. The molecule has 3 aromatic rings. The highest BCUT2D eigenvalue weighted by atomic mass is 15.2. The van der Waals surface area contributed by atoms with Crippen LogP contribution in [-0.4, -0.2) is 11.5 Å². The first-order valence-electron chi connectivity index (χ1n) is 6.10. The molecule has 0 fully saturated rings. The van der Waals surface area contributed by atoms with Crippen LogP contribution in [0.25, 0.3) is 10.9 Å². The van der Waals surface area contributed by atoms with Crippen LogP contribution < -0.4 is 4.90 Å². The molecular weight excluding hydrogens is 220 g/mol. The molecule has 86 valence electrons. The van der Waals surface area contributed by atoms with Crippen molar-refractivity contribution in [3.8, 4) is 0 Å². The summed E-state index contributed by atoms with van der Waals surface area (Å²) in [7, 11) is 0. The fourth-order valence-electron chi connectivity index (χ4n) is 2.53. The second kappa shape index (κ2) is 3.64. The molecule has 0 atom stereocenters. The third-order valence-electron chi connectivity index (χ3n) is 3.43. The first-order chi connectivity index (χ1) is 8.92. The molecule has 1 aliphatic rings. The lowest BCUT2D eigenvalue weighted by molar-refractivity contribution is 1.09. The Bertz CT molecular complexity index is 679. The van der Waals surface area contributed by atoms with Crippen LogP contribution >= 0.6 is 0 Å². The van der Waals surface area contributed by atoms with Gasteiger partial charge >= 0.3 is 0 Å². The van der Waals surface area contributed by atoms with Crippen LogP contribution in [0.4, 0.5) is 11.5 Å². The highest BCUT2D eigenvalue weighted by Gasteiger charge is 2.21. The van der Waals surface area contributed by atoms with Gasteiger partial charge in [-0.2, -0.15) is 0 Å². The van der Waals surface area contributed by atoms with Gasteiger partial charge in [-0.05, 0) is 23.8 Å². The Morgan fingerprint density at radius 1 is 1.00 bits per heavy atom. The summed E-state index contributed by atoms with van der Waals surface area (Å²) in [5.74, 6) is 1.13. The number of benzene rings is 2. The molecule has 0 aliphatic carbocycles. The lowest BCUT2D eigenvalue weighted by Crippen LogP contribution is -2.12. The Morgan fingerprint density at radius 3 is 2.78 bits per heavy atom. The minimum atomic E-state index is 0.812. The zero-order valence-corrected chi connectivity index (χ0v) is 9.85. The van der Waals surface area contributed by atoms with Gasteiger partial charge in [-0.3, -0.25) is 0 Å². The molecule has 2 aromatic carbocycles. The maximum absolute atomic E-state index is 3.46. The predicted molar refractivity (Wildman–Crippen MR) is 74.1 cm³/mol. The number of aromatic amines is 1. The molecule has 2 heterocycles. The lowest BCUT2D eigenvalue weighted by Gasteiger charge is -2.16. The van der Waals surface area contributed by atoms with Crippen molar-refractivity contribution in [2.45, 2.75) is 0 Å². The number of fused-ring (bicyclic) bond motifs is 2. The molecule has 2 nitrogen and oxygen atoms in total. The first kappa shape index (κ1) is 9.77. The van der Waals surface area contributed by atoms with Gasteiger partial charge in [0.1, 0.15) is 5.82 Å². The average molecular weight is 232 g/mol. The summed E-state index contributed by atoms with van der Waals surface area (Å²) in [5.41, 5.74) is 3.59. The van der Waals surface area contributed by atoms with E-state index in [1.165, 1.54) is 22.2 Å². The maximum atomic E-state index is 3.46. The Morgan fingerprint density at radius 2 is 1.83 bits per heavy atom. The van der Waals surface area contributed by atoms with Crippen molar-refractivity contribution in [2.24, 2.45) is 0 Å². The largest absolute Gasteiger partial charge is 0.341 e. The number of anilines is 2. The molecule has 18 heavy (non-hydrogen) atoms. The number of H-pyrrole nitrogens is 1. The quantitative estimate of drug-likeness (QED) is 0.677. The molecule has 0 spiro atoms. The molecule has 2 heteroatoms. The van der Waals surface area contributed by atoms with Crippen molar-refractivity contribution < 1.29 is 0 Å². The number of hydrogen-bond donors (Lipinski definition) is 1. The summed E-state index contributed by atoms with van der Waals surface area (Å²) in [6.07, 6.45) is 3.40. The second-order valence-electron chi connectivity index (χ2n) is 4.52. The van der Waals surface area contributed by atoms with E-state index >= 15 is 0 Å². The summed E-state index contributed by atoms with van der Waals surface area (Å²) >= 11 is 0. The van der Waals surface area contributed by atoms with Gasteiger partial charge in [0.05, 0.1) is 0 Å². The number of nitrogens with zero attached hydrogens (tertiary/aromatic N) is 1. The molecule has 2 radical (unpaired) electrons. The summed E-state index contributed by atoms with van der Waals surface area (Å²) in [6, 6.07) is 18.9. The van der Waals surface area contributed by atoms with Gasteiger partial charge in [0.2, 0.25) is 0 Å². The zero-order valence-electron chi connectivity index (χ0n) is 9.85. The van der Waals surface area contributed by atoms with Gasteiger partial charge < -0.3 is 9.88 Å². The fourth-order valence-corrected chi connectivity index (χ4v) is 2.53. The van der Waals surface area contributed by atoms with Gasteiger partial charge in [0.25, 0.3) is 0 Å². The van der Waals surface area contributed by atoms with Gasteiger partial charge in [0.15, 0.2) is 0 Å². The van der Waals surface area contributed by atoms with Crippen molar-refractivity contribution in [3.63, 3.8) is 0 Å². The third kappa shape index (κ3) is 1.35. The van der Waals surface area contributed by atoms with Crippen LogP contribution in [0.1, 0.15) is 5.56 Å². The summed E-state index contributed by atoms with van der Waals surface area (Å²) < 4.78 is 0. The number of hydrogen-bond acceptors (Lipinski definition) is 1. The summed E-state index contributed by atoms with van der Waals surface area (Å²) in [5, 5.41) is 1.25. The average Bonchev–Trinajstić information content (AvgIpc) is 3.02. The fraction of sp³-hybridized carbons (Fsp3) is 0.0625. The topological polar surface area (TPSA) is 19.0 Å². The highest BCUT2D eigenvalue weighted by Crippen LogP contribution is 2.35. The van der Waals surface area contributed by atoms with E-state index in [0.717, 1.165) is 12.4 Å². The number of rotatable bonds is 1. The van der Waals surface area contributed by atoms with Crippen molar-refractivity contribution in [3.05, 3.63) is 66.6 Å². The predicted octanol–water partition coefficient (Wildman–Crippen LogP) is 3.75. The standard InChI is InChI=1S/C16H12N2/c1-3-7-14-13(6-1)11-16(17-14)18-10-9-12-5-2-4-8-15(12)18/h1-8,11,17H,10H2. The Labute approximate surface area is 106 Å². The van der Waals surface area contributed by atoms with Crippen LogP contribution in [0.2, 0.25) is 0 Å². The van der Waals surface area contributed by atoms with E-state index in [1.807, 2.05) is 0 Å². The van der Waals surface area contributed by atoms with E-state index < -0.39 is 0 Å². The minimum Gasteiger partial charge on any atom is -0.341 e. The second-order valence-corrected chi connectivity index (χ2v) is 4.52. The Hall–Kier alpha value is -2.22. The van der Waals surface area contributed by atoms with Crippen LogP contribution in [0.5, 0.6) is 0 Å². The van der Waals surface area contributed by atoms with Crippen LogP contribution in [0, 0.1) is 6.42 Å². The molecule has 0 unspecified atom stereocenters. The monoisotopic (exact) mass is 232 g/mol. The first-order valence-corrected chi connectivity index (χ1v) is 6.10. The maximum Gasteiger partial charge on any atom is 0.111 e. The molecule has 4 rings (SSSR count). The Kier molecular flexibility index (Phi) is 1.97. The third-order valence-corrected chi connectivity index (χ3v) is 3.43. The molecule has 1 aliphatic heterocycles. The van der Waals surface area contributed by atoms with E-state index in [1.54, 1.807) is 0 Å². The molecular formula is C16H12N2. The molecule has 1 aromatic heterocycles. The van der Waals surface area contributed by atoms with Crippen molar-refractivity contribution in [1.29, 1.82) is 0 Å². The molecule has 0 saturated carbocycles. The van der Waals surface area contributed by atoms with E-state index in [4.69, 9.17) is 0 Å². The summed E-state index contributed by atoms with van der Waals surface area (Å²) in [4.78, 5) is 5.72. The van der Waals surface area contributed by atoms with Crippen LogP contribution in [-0.2, 0) is 0 Å². The minimum absolute atomic E-state index is 0.812. The van der Waals surface area contributed by atoms with Gasteiger partial charge in [-0.15, -0.1) is 0 Å². The van der Waals surface area contributed by atoms with Crippen molar-refractivity contribution >= 4 is 22.4 Å². The zero-order chi connectivity index (χ0) is 11.9. The van der Waals surface area contributed by atoms with Gasteiger partial charge in [-0.1, -0.05) is 36.4 Å². The van der Waals surface area contributed by atoms with Crippen molar-refractivity contribution in [1.82, 2.24) is 4.98 Å². The van der Waals surface area contributed by atoms with E-state index in [0.29, 0.717) is 0 Å². The van der Waals surface area contributed by atoms with E-state index in [2.05, 4.69) is 70.9 Å². The SMILES string of the molecule is [C]1CN(c2cc3ccccc3[nH]2)c2ccccc21.